The summed E-state index contributed by atoms with van der Waals surface area (Å²) >= 11 is 0. The van der Waals surface area contributed by atoms with Gasteiger partial charge in [-0.2, -0.15) is 5.10 Å². The standard InChI is InChI=1S/C18H24N6O/c1-11-7-16(22-18(21-11)13-3-4-13)24-6-5-14(10-24)17-15(9-20-23-17)8-19-12(2)25/h7,9,13-14H,3-6,8,10H2,1-2H3,(H,19,25)(H,20,23). The van der Waals surface area contributed by atoms with E-state index in [4.69, 9.17) is 4.98 Å². The first-order chi connectivity index (χ1) is 12.1. The van der Waals surface area contributed by atoms with E-state index < -0.39 is 0 Å². The number of carbonyl (C=O) groups is 1. The van der Waals surface area contributed by atoms with Crippen molar-refractivity contribution in [1.29, 1.82) is 0 Å². The molecule has 1 saturated heterocycles. The maximum atomic E-state index is 11.2. The first-order valence-corrected chi connectivity index (χ1v) is 8.97. The lowest BCUT2D eigenvalue weighted by molar-refractivity contribution is -0.119. The van der Waals surface area contributed by atoms with Crippen LogP contribution < -0.4 is 10.2 Å². The highest BCUT2D eigenvalue weighted by Crippen LogP contribution is 2.39. The van der Waals surface area contributed by atoms with Crippen LogP contribution in [-0.2, 0) is 11.3 Å². The quantitative estimate of drug-likeness (QED) is 0.869. The summed E-state index contributed by atoms with van der Waals surface area (Å²) in [6, 6.07) is 2.08. The average Bonchev–Trinajstić information content (AvgIpc) is 3.13. The van der Waals surface area contributed by atoms with Crippen molar-refractivity contribution in [2.24, 2.45) is 0 Å². The van der Waals surface area contributed by atoms with Crippen LogP contribution in [-0.4, -0.2) is 39.2 Å². The first-order valence-electron chi connectivity index (χ1n) is 8.97. The number of rotatable bonds is 5. The summed E-state index contributed by atoms with van der Waals surface area (Å²) in [7, 11) is 0. The number of carbonyl (C=O) groups excluding carboxylic acids is 1. The Labute approximate surface area is 147 Å². The number of nitrogens with one attached hydrogen (secondary N) is 2. The van der Waals surface area contributed by atoms with Gasteiger partial charge in [0, 0.05) is 61.4 Å². The van der Waals surface area contributed by atoms with Crippen LogP contribution in [0.1, 0.15) is 60.8 Å². The van der Waals surface area contributed by atoms with Crippen LogP contribution in [0.15, 0.2) is 12.3 Å². The van der Waals surface area contributed by atoms with Gasteiger partial charge in [0.2, 0.25) is 5.91 Å². The van der Waals surface area contributed by atoms with Crippen LogP contribution in [0.3, 0.4) is 0 Å². The maximum Gasteiger partial charge on any atom is 0.217 e. The fraction of sp³-hybridized carbons (Fsp3) is 0.556. The Morgan fingerprint density at radius 2 is 2.16 bits per heavy atom. The molecule has 1 unspecified atom stereocenters. The summed E-state index contributed by atoms with van der Waals surface area (Å²) in [6.07, 6.45) is 5.30. The molecule has 1 aliphatic heterocycles. The SMILES string of the molecule is CC(=O)NCc1cn[nH]c1C1CCN(c2cc(C)nc(C3CC3)n2)C1. The molecule has 132 valence electrons. The van der Waals surface area contributed by atoms with Gasteiger partial charge < -0.3 is 10.2 Å². The van der Waals surface area contributed by atoms with Gasteiger partial charge in [0.15, 0.2) is 0 Å². The van der Waals surface area contributed by atoms with E-state index in [1.54, 1.807) is 0 Å². The molecule has 0 bridgehead atoms. The highest BCUT2D eigenvalue weighted by molar-refractivity contribution is 5.72. The highest BCUT2D eigenvalue weighted by atomic mass is 16.1. The molecule has 0 aromatic carbocycles. The highest BCUT2D eigenvalue weighted by Gasteiger charge is 2.30. The zero-order valence-electron chi connectivity index (χ0n) is 14.7. The number of aryl methyl sites for hydroxylation is 1. The molecule has 4 rings (SSSR count). The molecule has 0 radical (unpaired) electrons. The van der Waals surface area contributed by atoms with Crippen molar-refractivity contribution >= 4 is 11.7 Å². The second kappa shape index (κ2) is 6.46. The van der Waals surface area contributed by atoms with Crippen molar-refractivity contribution in [3.8, 4) is 0 Å². The molecule has 25 heavy (non-hydrogen) atoms. The molecular weight excluding hydrogens is 316 g/mol. The fourth-order valence-electron chi connectivity index (χ4n) is 3.50. The third kappa shape index (κ3) is 3.50. The van der Waals surface area contributed by atoms with Crippen molar-refractivity contribution in [2.75, 3.05) is 18.0 Å². The molecule has 2 aromatic rings. The number of aromatic nitrogens is 4. The van der Waals surface area contributed by atoms with Crippen LogP contribution >= 0.6 is 0 Å². The molecule has 3 heterocycles. The molecule has 1 saturated carbocycles. The van der Waals surface area contributed by atoms with Gasteiger partial charge in [-0.3, -0.25) is 9.89 Å². The Balaban J connectivity index is 1.48. The maximum absolute atomic E-state index is 11.2. The molecule has 2 aromatic heterocycles. The molecule has 2 fully saturated rings. The van der Waals surface area contributed by atoms with E-state index in [2.05, 4.69) is 31.5 Å². The average molecular weight is 340 g/mol. The van der Waals surface area contributed by atoms with Crippen LogP contribution in [0.4, 0.5) is 5.82 Å². The minimum Gasteiger partial charge on any atom is -0.356 e. The number of nitrogens with zero attached hydrogens (tertiary/aromatic N) is 4. The van der Waals surface area contributed by atoms with E-state index in [1.807, 2.05) is 13.1 Å². The van der Waals surface area contributed by atoms with Crippen molar-refractivity contribution in [3.63, 3.8) is 0 Å². The van der Waals surface area contributed by atoms with Crippen molar-refractivity contribution in [3.05, 3.63) is 35.0 Å². The predicted octanol–water partition coefficient (Wildman–Crippen LogP) is 2.02. The van der Waals surface area contributed by atoms with Gasteiger partial charge in [0.25, 0.3) is 0 Å². The van der Waals surface area contributed by atoms with E-state index in [0.717, 1.165) is 48.1 Å². The van der Waals surface area contributed by atoms with Crippen molar-refractivity contribution < 1.29 is 4.79 Å². The lowest BCUT2D eigenvalue weighted by atomic mass is 10.0. The Kier molecular flexibility index (Phi) is 4.15. The number of H-pyrrole nitrogens is 1. The number of amides is 1. The second-order valence-corrected chi connectivity index (χ2v) is 7.15. The largest absolute Gasteiger partial charge is 0.356 e. The topological polar surface area (TPSA) is 86.8 Å². The lowest BCUT2D eigenvalue weighted by Crippen LogP contribution is -2.22. The Morgan fingerprint density at radius 3 is 2.92 bits per heavy atom. The van der Waals surface area contributed by atoms with Gasteiger partial charge in [-0.25, -0.2) is 9.97 Å². The normalized spacial score (nSPS) is 20.1. The van der Waals surface area contributed by atoms with Crippen molar-refractivity contribution in [1.82, 2.24) is 25.5 Å². The molecule has 1 atom stereocenters. The fourth-order valence-corrected chi connectivity index (χ4v) is 3.50. The number of anilines is 1. The van der Waals surface area contributed by atoms with Crippen LogP contribution in [0.2, 0.25) is 0 Å². The minimum absolute atomic E-state index is 0.0238. The van der Waals surface area contributed by atoms with Gasteiger partial charge in [-0.1, -0.05) is 0 Å². The third-order valence-electron chi connectivity index (χ3n) is 5.00. The van der Waals surface area contributed by atoms with Gasteiger partial charge >= 0.3 is 0 Å². The van der Waals surface area contributed by atoms with Gasteiger partial charge in [-0.15, -0.1) is 0 Å². The second-order valence-electron chi connectivity index (χ2n) is 7.15. The lowest BCUT2D eigenvalue weighted by Gasteiger charge is -2.19. The van der Waals surface area contributed by atoms with Gasteiger partial charge in [0.05, 0.1) is 6.20 Å². The summed E-state index contributed by atoms with van der Waals surface area (Å²) in [6.45, 7) is 5.99. The Morgan fingerprint density at radius 1 is 1.32 bits per heavy atom. The predicted molar refractivity (Wildman–Crippen MR) is 94.4 cm³/mol. The third-order valence-corrected chi connectivity index (χ3v) is 5.00. The van der Waals surface area contributed by atoms with Crippen LogP contribution in [0.25, 0.3) is 0 Å². The Hall–Kier alpha value is -2.44. The molecule has 2 N–H and O–H groups in total. The summed E-state index contributed by atoms with van der Waals surface area (Å²) in [5, 5.41) is 10.2. The number of hydrogen-bond acceptors (Lipinski definition) is 5. The van der Waals surface area contributed by atoms with Crippen LogP contribution in [0, 0.1) is 6.92 Å². The van der Waals surface area contributed by atoms with Crippen LogP contribution in [0.5, 0.6) is 0 Å². The summed E-state index contributed by atoms with van der Waals surface area (Å²) < 4.78 is 0. The summed E-state index contributed by atoms with van der Waals surface area (Å²) in [4.78, 5) is 22.9. The summed E-state index contributed by atoms with van der Waals surface area (Å²) in [5.74, 6) is 2.97. The molecule has 7 nitrogen and oxygen atoms in total. The molecule has 1 amide bonds. The molecule has 2 aliphatic rings. The zero-order chi connectivity index (χ0) is 17.4. The van der Waals surface area contributed by atoms with Gasteiger partial charge in [-0.05, 0) is 26.2 Å². The van der Waals surface area contributed by atoms with Crippen molar-refractivity contribution in [2.45, 2.75) is 51.5 Å². The smallest absolute Gasteiger partial charge is 0.217 e. The van der Waals surface area contributed by atoms with E-state index in [9.17, 15) is 4.79 Å². The number of aromatic amines is 1. The van der Waals surface area contributed by atoms with E-state index in [0.29, 0.717) is 18.4 Å². The summed E-state index contributed by atoms with van der Waals surface area (Å²) in [5.41, 5.74) is 3.24. The van der Waals surface area contributed by atoms with E-state index in [-0.39, 0.29) is 5.91 Å². The first kappa shape index (κ1) is 16.1. The molecule has 7 heteroatoms. The molecular formula is C18H24N6O. The van der Waals surface area contributed by atoms with E-state index in [1.165, 1.54) is 19.8 Å². The molecule has 0 spiro atoms. The Bertz CT molecular complexity index is 782. The van der Waals surface area contributed by atoms with E-state index >= 15 is 0 Å². The number of hydrogen-bond donors (Lipinski definition) is 2. The monoisotopic (exact) mass is 340 g/mol. The zero-order valence-corrected chi connectivity index (χ0v) is 14.7. The molecule has 1 aliphatic carbocycles. The minimum atomic E-state index is -0.0238. The van der Waals surface area contributed by atoms with Gasteiger partial charge in [0.1, 0.15) is 11.6 Å².